The number of unbranched alkanes of at least 4 members (excludes halogenated alkanes) is 11. The third kappa shape index (κ3) is 16.4. The van der Waals surface area contributed by atoms with Gasteiger partial charge in [-0.05, 0) is 19.3 Å². The minimum absolute atomic E-state index is 0.148. The Balaban J connectivity index is 4.10. The first kappa shape index (κ1) is 27.4. The molecular formula is C23H43BrO4. The summed E-state index contributed by atoms with van der Waals surface area (Å²) >= 11 is 3.44. The molecule has 5 heteroatoms. The maximum Gasteiger partial charge on any atom is 0.320 e. The van der Waals surface area contributed by atoms with Crippen LogP contribution >= 0.6 is 15.9 Å². The fourth-order valence-corrected chi connectivity index (χ4v) is 3.69. The van der Waals surface area contributed by atoms with Crippen LogP contribution in [0.5, 0.6) is 0 Å². The maximum absolute atomic E-state index is 12.3. The summed E-state index contributed by atoms with van der Waals surface area (Å²) < 4.78 is 10.4. The number of esters is 2. The molecule has 0 aromatic carbocycles. The predicted octanol–water partition coefficient (Wildman–Crippen LogP) is 7.12. The molecule has 4 nitrogen and oxygen atoms in total. The van der Waals surface area contributed by atoms with E-state index in [9.17, 15) is 9.59 Å². The van der Waals surface area contributed by atoms with Gasteiger partial charge >= 0.3 is 11.9 Å². The lowest BCUT2D eigenvalue weighted by Gasteiger charge is -2.19. The molecule has 0 aliphatic rings. The average molecular weight is 463 g/mol. The third-order valence-corrected chi connectivity index (χ3v) is 5.93. The molecule has 0 aliphatic carbocycles. The Morgan fingerprint density at radius 3 is 1.75 bits per heavy atom. The molecule has 0 saturated heterocycles. The van der Waals surface area contributed by atoms with Gasteiger partial charge in [-0.3, -0.25) is 9.59 Å². The monoisotopic (exact) mass is 462 g/mol. The van der Waals surface area contributed by atoms with E-state index in [0.717, 1.165) is 38.5 Å². The highest BCUT2D eigenvalue weighted by Crippen LogP contribution is 2.19. The van der Waals surface area contributed by atoms with Crippen molar-refractivity contribution >= 4 is 27.9 Å². The van der Waals surface area contributed by atoms with Crippen LogP contribution in [0.2, 0.25) is 0 Å². The molecule has 28 heavy (non-hydrogen) atoms. The molecule has 0 N–H and O–H groups in total. The number of hydrogen-bond acceptors (Lipinski definition) is 4. The summed E-state index contributed by atoms with van der Waals surface area (Å²) in [5.74, 6) is -0.566. The number of alkyl halides is 1. The highest BCUT2D eigenvalue weighted by atomic mass is 79.9. The Labute approximate surface area is 181 Å². The van der Waals surface area contributed by atoms with Crippen molar-refractivity contribution in [2.45, 2.75) is 128 Å². The number of ether oxygens (including phenoxy) is 2. The van der Waals surface area contributed by atoms with Crippen LogP contribution in [0.1, 0.15) is 117 Å². The van der Waals surface area contributed by atoms with Crippen LogP contribution in [0.4, 0.5) is 0 Å². The molecule has 166 valence electrons. The number of rotatable bonds is 19. The molecule has 0 saturated carbocycles. The largest absolute Gasteiger partial charge is 0.469 e. The van der Waals surface area contributed by atoms with Crippen molar-refractivity contribution < 1.29 is 19.1 Å². The van der Waals surface area contributed by atoms with Crippen LogP contribution in [-0.4, -0.2) is 30.0 Å². The quantitative estimate of drug-likeness (QED) is 0.116. The van der Waals surface area contributed by atoms with E-state index >= 15 is 0 Å². The van der Waals surface area contributed by atoms with Crippen LogP contribution in [0.25, 0.3) is 0 Å². The highest BCUT2D eigenvalue weighted by Gasteiger charge is 2.23. The third-order valence-electron chi connectivity index (χ3n) is 5.10. The first-order valence-electron chi connectivity index (χ1n) is 11.5. The smallest absolute Gasteiger partial charge is 0.320 e. The molecule has 0 spiro atoms. The van der Waals surface area contributed by atoms with Gasteiger partial charge in [0.05, 0.1) is 13.5 Å². The van der Waals surface area contributed by atoms with Gasteiger partial charge in [0.15, 0.2) is 0 Å². The number of hydrogen-bond donors (Lipinski definition) is 0. The van der Waals surface area contributed by atoms with Gasteiger partial charge in [-0.2, -0.15) is 0 Å². The summed E-state index contributed by atoms with van der Waals surface area (Å²) in [6.45, 7) is 4.41. The molecule has 0 fully saturated rings. The summed E-state index contributed by atoms with van der Waals surface area (Å²) in [7, 11) is 1.38. The zero-order chi connectivity index (χ0) is 21.0. The molecule has 2 atom stereocenters. The Bertz CT molecular complexity index is 387. The van der Waals surface area contributed by atoms with E-state index in [4.69, 9.17) is 9.47 Å². The van der Waals surface area contributed by atoms with Gasteiger partial charge < -0.3 is 9.47 Å². The molecule has 0 aromatic rings. The first-order chi connectivity index (χ1) is 13.5. The van der Waals surface area contributed by atoms with Gasteiger partial charge in [0.1, 0.15) is 10.9 Å². The van der Waals surface area contributed by atoms with E-state index in [1.54, 1.807) is 0 Å². The summed E-state index contributed by atoms with van der Waals surface area (Å²) in [6, 6.07) is 0. The number of methoxy groups -OCH3 is 1. The van der Waals surface area contributed by atoms with Crippen molar-refractivity contribution in [1.29, 1.82) is 0 Å². The van der Waals surface area contributed by atoms with Crippen LogP contribution in [0.15, 0.2) is 0 Å². The number of carbonyl (C=O) groups excluding carboxylic acids is 2. The number of halogens is 1. The van der Waals surface area contributed by atoms with Crippen molar-refractivity contribution in [2.24, 2.45) is 0 Å². The summed E-state index contributed by atoms with van der Waals surface area (Å²) in [4.78, 5) is 23.7. The minimum atomic E-state index is -0.375. The molecule has 1 unspecified atom stereocenters. The second-order valence-corrected chi connectivity index (χ2v) is 8.88. The SMILES string of the molecule is CCCCCCCCCCC[C@H](CC(=O)OC)OC(=O)C(Br)CCCCCC. The van der Waals surface area contributed by atoms with E-state index < -0.39 is 0 Å². The van der Waals surface area contributed by atoms with Crippen LogP contribution < -0.4 is 0 Å². The molecule has 0 heterocycles. The fourth-order valence-electron chi connectivity index (χ4n) is 3.26. The lowest BCUT2D eigenvalue weighted by atomic mass is 10.0. The van der Waals surface area contributed by atoms with Crippen molar-refractivity contribution in [3.05, 3.63) is 0 Å². The second kappa shape index (κ2) is 19.7. The van der Waals surface area contributed by atoms with Crippen molar-refractivity contribution in [3.8, 4) is 0 Å². The van der Waals surface area contributed by atoms with E-state index in [-0.39, 0.29) is 29.3 Å². The van der Waals surface area contributed by atoms with E-state index in [0.29, 0.717) is 0 Å². The molecule has 0 bridgehead atoms. The zero-order valence-electron chi connectivity index (χ0n) is 18.5. The van der Waals surface area contributed by atoms with Gasteiger partial charge in [-0.15, -0.1) is 0 Å². The summed E-state index contributed by atoms with van der Waals surface area (Å²) in [6.07, 6.45) is 17.0. The van der Waals surface area contributed by atoms with Gasteiger partial charge in [-0.1, -0.05) is 107 Å². The van der Waals surface area contributed by atoms with Crippen LogP contribution in [0.3, 0.4) is 0 Å². The van der Waals surface area contributed by atoms with Crippen LogP contribution in [0, 0.1) is 0 Å². The van der Waals surface area contributed by atoms with Crippen molar-refractivity contribution in [2.75, 3.05) is 7.11 Å². The maximum atomic E-state index is 12.3. The summed E-state index contributed by atoms with van der Waals surface area (Å²) in [5, 5.41) is 0. The Hall–Kier alpha value is -0.580. The van der Waals surface area contributed by atoms with E-state index in [1.807, 2.05) is 0 Å². The molecule has 0 amide bonds. The molecule has 0 radical (unpaired) electrons. The minimum Gasteiger partial charge on any atom is -0.469 e. The highest BCUT2D eigenvalue weighted by molar-refractivity contribution is 9.10. The fraction of sp³-hybridized carbons (Fsp3) is 0.913. The Morgan fingerprint density at radius 2 is 1.21 bits per heavy atom. The van der Waals surface area contributed by atoms with Crippen LogP contribution in [-0.2, 0) is 19.1 Å². The lowest BCUT2D eigenvalue weighted by molar-refractivity contribution is -0.153. The molecule has 0 rings (SSSR count). The topological polar surface area (TPSA) is 52.6 Å². The Morgan fingerprint density at radius 1 is 0.750 bits per heavy atom. The second-order valence-electron chi connectivity index (χ2n) is 7.77. The van der Waals surface area contributed by atoms with E-state index in [2.05, 4.69) is 29.8 Å². The Kier molecular flexibility index (Phi) is 19.3. The van der Waals surface area contributed by atoms with Gasteiger partial charge in [0.25, 0.3) is 0 Å². The zero-order valence-corrected chi connectivity index (χ0v) is 20.1. The molecule has 0 aromatic heterocycles. The normalized spacial score (nSPS) is 13.1. The predicted molar refractivity (Wildman–Crippen MR) is 120 cm³/mol. The lowest BCUT2D eigenvalue weighted by Crippen LogP contribution is -2.27. The van der Waals surface area contributed by atoms with Crippen molar-refractivity contribution in [1.82, 2.24) is 0 Å². The number of carbonyl (C=O) groups is 2. The summed E-state index contributed by atoms with van der Waals surface area (Å²) in [5.41, 5.74) is 0. The average Bonchev–Trinajstić information content (AvgIpc) is 2.69. The van der Waals surface area contributed by atoms with E-state index in [1.165, 1.54) is 64.9 Å². The first-order valence-corrected chi connectivity index (χ1v) is 12.4. The van der Waals surface area contributed by atoms with Crippen molar-refractivity contribution in [3.63, 3.8) is 0 Å². The van der Waals surface area contributed by atoms with Gasteiger partial charge in [-0.25, -0.2) is 0 Å². The molecular weight excluding hydrogens is 420 g/mol. The molecule has 0 aliphatic heterocycles. The standard InChI is InChI=1S/C23H43BrO4/c1-4-6-8-10-11-12-13-14-15-17-20(19-22(25)27-3)28-23(26)21(24)18-16-9-7-5-2/h20-21H,4-19H2,1-3H3/t20-,21?/m1/s1. The van der Waals surface area contributed by atoms with Gasteiger partial charge in [0.2, 0.25) is 0 Å². The van der Waals surface area contributed by atoms with Gasteiger partial charge in [0, 0.05) is 0 Å².